The second-order valence-corrected chi connectivity index (χ2v) is 4.97. The first kappa shape index (κ1) is 11.9. The normalized spacial score (nSPS) is 17.3. The molecule has 0 bridgehead atoms. The lowest BCUT2D eigenvalue weighted by atomic mass is 9.62. The first-order chi connectivity index (χ1) is 8.05. The Morgan fingerprint density at radius 3 is 2.71 bits per heavy atom. The molecule has 1 aromatic heterocycles. The highest BCUT2D eigenvalue weighted by molar-refractivity contribution is 5.70. The smallest absolute Gasteiger partial charge is 0.304 e. The largest absolute Gasteiger partial charge is 0.481 e. The quantitative estimate of drug-likeness (QED) is 0.866. The highest BCUT2D eigenvalue weighted by Gasteiger charge is 2.42. The number of carboxylic acid groups (broad SMARTS) is 1. The second kappa shape index (κ2) is 4.35. The van der Waals surface area contributed by atoms with Gasteiger partial charge in [-0.25, -0.2) is 4.98 Å². The molecule has 0 amide bonds. The molecule has 0 aromatic carbocycles. The summed E-state index contributed by atoms with van der Waals surface area (Å²) in [5.74, 6) is 0.173. The highest BCUT2D eigenvalue weighted by atomic mass is 16.4. The topological polar surface area (TPSA) is 53.4 Å². The van der Waals surface area contributed by atoms with Crippen molar-refractivity contribution in [3.05, 3.63) is 23.9 Å². The van der Waals surface area contributed by atoms with Crippen molar-refractivity contribution in [1.29, 1.82) is 0 Å². The molecular weight excluding hydrogens is 216 g/mol. The van der Waals surface area contributed by atoms with E-state index in [0.29, 0.717) is 0 Å². The molecule has 1 saturated carbocycles. The van der Waals surface area contributed by atoms with E-state index in [-0.39, 0.29) is 11.8 Å². The minimum Gasteiger partial charge on any atom is -0.481 e. The van der Waals surface area contributed by atoms with Gasteiger partial charge in [-0.2, -0.15) is 0 Å². The predicted molar refractivity (Wildman–Crippen MR) is 66.3 cm³/mol. The number of aromatic nitrogens is 1. The molecule has 2 rings (SSSR count). The van der Waals surface area contributed by atoms with E-state index in [9.17, 15) is 4.79 Å². The molecule has 0 spiro atoms. The van der Waals surface area contributed by atoms with Gasteiger partial charge in [0.2, 0.25) is 0 Å². The van der Waals surface area contributed by atoms with Gasteiger partial charge in [0.15, 0.2) is 0 Å². The Balaban J connectivity index is 2.40. The molecule has 1 fully saturated rings. The maximum atomic E-state index is 11.0. The van der Waals surface area contributed by atoms with Crippen molar-refractivity contribution < 1.29 is 9.90 Å². The van der Waals surface area contributed by atoms with Crippen molar-refractivity contribution in [2.45, 2.75) is 31.1 Å². The summed E-state index contributed by atoms with van der Waals surface area (Å²) in [6, 6.07) is 3.91. The molecule has 17 heavy (non-hydrogen) atoms. The molecule has 0 unspecified atom stereocenters. The van der Waals surface area contributed by atoms with Crippen LogP contribution in [-0.2, 0) is 10.2 Å². The van der Waals surface area contributed by atoms with Crippen LogP contribution in [0.3, 0.4) is 0 Å². The average Bonchev–Trinajstić information content (AvgIpc) is 2.23. The minimum atomic E-state index is -0.724. The Morgan fingerprint density at radius 2 is 2.24 bits per heavy atom. The van der Waals surface area contributed by atoms with Crippen molar-refractivity contribution in [3.8, 4) is 0 Å². The van der Waals surface area contributed by atoms with Gasteiger partial charge in [0.1, 0.15) is 5.82 Å². The summed E-state index contributed by atoms with van der Waals surface area (Å²) in [6.07, 6.45) is 4.97. The van der Waals surface area contributed by atoms with E-state index in [0.717, 1.165) is 30.6 Å². The van der Waals surface area contributed by atoms with Crippen molar-refractivity contribution >= 4 is 11.8 Å². The van der Waals surface area contributed by atoms with E-state index in [1.54, 1.807) is 6.20 Å². The zero-order chi connectivity index (χ0) is 12.5. The lowest BCUT2D eigenvalue weighted by Gasteiger charge is -2.42. The number of rotatable bonds is 4. The SMILES string of the molecule is CN(C)c1ncccc1C1(CC(=O)O)CCC1. The van der Waals surface area contributed by atoms with Gasteiger partial charge in [-0.05, 0) is 18.9 Å². The first-order valence-corrected chi connectivity index (χ1v) is 5.90. The lowest BCUT2D eigenvalue weighted by Crippen LogP contribution is -2.38. The molecule has 92 valence electrons. The summed E-state index contributed by atoms with van der Waals surface area (Å²) in [7, 11) is 3.89. The second-order valence-electron chi connectivity index (χ2n) is 4.97. The monoisotopic (exact) mass is 234 g/mol. The van der Waals surface area contributed by atoms with Crippen molar-refractivity contribution in [1.82, 2.24) is 4.98 Å². The maximum absolute atomic E-state index is 11.0. The number of aliphatic carboxylic acids is 1. The fraction of sp³-hybridized carbons (Fsp3) is 0.538. The lowest BCUT2D eigenvalue weighted by molar-refractivity contribution is -0.139. The third-order valence-corrected chi connectivity index (χ3v) is 3.58. The molecule has 1 heterocycles. The van der Waals surface area contributed by atoms with Crippen LogP contribution < -0.4 is 4.90 Å². The van der Waals surface area contributed by atoms with Crippen LogP contribution in [0.1, 0.15) is 31.2 Å². The summed E-state index contributed by atoms with van der Waals surface area (Å²) in [4.78, 5) is 17.4. The number of pyridine rings is 1. The number of hydrogen-bond donors (Lipinski definition) is 1. The minimum absolute atomic E-state index is 0.195. The van der Waals surface area contributed by atoms with Gasteiger partial charge in [0.05, 0.1) is 6.42 Å². The Labute approximate surface area is 101 Å². The molecule has 1 aliphatic rings. The van der Waals surface area contributed by atoms with Crippen molar-refractivity contribution in [2.75, 3.05) is 19.0 Å². The number of carbonyl (C=O) groups is 1. The van der Waals surface area contributed by atoms with E-state index in [4.69, 9.17) is 5.11 Å². The van der Waals surface area contributed by atoms with Crippen LogP contribution in [0.15, 0.2) is 18.3 Å². The molecule has 1 aliphatic carbocycles. The molecule has 4 heteroatoms. The molecule has 1 aromatic rings. The first-order valence-electron chi connectivity index (χ1n) is 5.90. The number of hydrogen-bond acceptors (Lipinski definition) is 3. The average molecular weight is 234 g/mol. The molecular formula is C13H18N2O2. The van der Waals surface area contributed by atoms with Crippen LogP contribution >= 0.6 is 0 Å². The van der Waals surface area contributed by atoms with E-state index >= 15 is 0 Å². The van der Waals surface area contributed by atoms with Crippen LogP contribution in [-0.4, -0.2) is 30.2 Å². The number of carboxylic acids is 1. The molecule has 0 aliphatic heterocycles. The van der Waals surface area contributed by atoms with Crippen LogP contribution in [0.5, 0.6) is 0 Å². The molecule has 0 saturated heterocycles. The zero-order valence-electron chi connectivity index (χ0n) is 10.3. The zero-order valence-corrected chi connectivity index (χ0v) is 10.3. The highest BCUT2D eigenvalue weighted by Crippen LogP contribution is 2.48. The summed E-state index contributed by atoms with van der Waals surface area (Å²) in [5, 5.41) is 9.07. The number of nitrogens with zero attached hydrogens (tertiary/aromatic N) is 2. The molecule has 0 atom stereocenters. The van der Waals surface area contributed by atoms with Gasteiger partial charge >= 0.3 is 5.97 Å². The Bertz CT molecular complexity index is 425. The van der Waals surface area contributed by atoms with Crippen LogP contribution in [0, 0.1) is 0 Å². The summed E-state index contributed by atoms with van der Waals surface area (Å²) >= 11 is 0. The van der Waals surface area contributed by atoms with Gasteiger partial charge in [-0.15, -0.1) is 0 Å². The van der Waals surface area contributed by atoms with Crippen LogP contribution in [0.2, 0.25) is 0 Å². The Hall–Kier alpha value is -1.58. The van der Waals surface area contributed by atoms with E-state index in [1.165, 1.54) is 0 Å². The third kappa shape index (κ3) is 2.12. The van der Waals surface area contributed by atoms with Gasteiger partial charge in [0, 0.05) is 31.3 Å². The maximum Gasteiger partial charge on any atom is 0.304 e. The molecule has 1 N–H and O–H groups in total. The van der Waals surface area contributed by atoms with Crippen molar-refractivity contribution in [3.63, 3.8) is 0 Å². The summed E-state index contributed by atoms with van der Waals surface area (Å²) in [6.45, 7) is 0. The summed E-state index contributed by atoms with van der Waals surface area (Å²) in [5.41, 5.74) is 0.887. The molecule has 0 radical (unpaired) electrons. The van der Waals surface area contributed by atoms with Crippen LogP contribution in [0.4, 0.5) is 5.82 Å². The van der Waals surface area contributed by atoms with E-state index in [2.05, 4.69) is 4.98 Å². The van der Waals surface area contributed by atoms with E-state index in [1.807, 2.05) is 31.1 Å². The third-order valence-electron chi connectivity index (χ3n) is 3.58. The molecule has 4 nitrogen and oxygen atoms in total. The van der Waals surface area contributed by atoms with Gasteiger partial charge in [-0.1, -0.05) is 12.5 Å². The fourth-order valence-corrected chi connectivity index (χ4v) is 2.60. The summed E-state index contributed by atoms with van der Waals surface area (Å²) < 4.78 is 0. The van der Waals surface area contributed by atoms with Gasteiger partial charge in [0.25, 0.3) is 0 Å². The Morgan fingerprint density at radius 1 is 1.53 bits per heavy atom. The van der Waals surface area contributed by atoms with E-state index < -0.39 is 5.97 Å². The fourth-order valence-electron chi connectivity index (χ4n) is 2.60. The Kier molecular flexibility index (Phi) is 3.05. The van der Waals surface area contributed by atoms with Crippen molar-refractivity contribution in [2.24, 2.45) is 0 Å². The van der Waals surface area contributed by atoms with Gasteiger partial charge < -0.3 is 10.0 Å². The standard InChI is InChI=1S/C13H18N2O2/c1-15(2)12-10(5-3-8-14-12)13(6-4-7-13)9-11(16)17/h3,5,8H,4,6-7,9H2,1-2H3,(H,16,17). The predicted octanol–water partition coefficient (Wildman–Crippen LogP) is 2.04. The van der Waals surface area contributed by atoms with Gasteiger partial charge in [-0.3, -0.25) is 4.79 Å². The number of anilines is 1. The van der Waals surface area contributed by atoms with Crippen LogP contribution in [0.25, 0.3) is 0 Å².